The highest BCUT2D eigenvalue weighted by Gasteiger charge is 2.27. The van der Waals surface area contributed by atoms with Crippen molar-refractivity contribution in [1.82, 2.24) is 14.9 Å². The Morgan fingerprint density at radius 1 is 1.52 bits per heavy atom. The number of ether oxygens (including phenoxy) is 1. The van der Waals surface area contributed by atoms with Gasteiger partial charge in [-0.2, -0.15) is 0 Å². The summed E-state index contributed by atoms with van der Waals surface area (Å²) in [7, 11) is 1.70. The Kier molecular flexibility index (Phi) is 5.76. The van der Waals surface area contributed by atoms with E-state index in [1.807, 2.05) is 13.8 Å². The molecule has 1 aliphatic heterocycles. The van der Waals surface area contributed by atoms with Gasteiger partial charge in [-0.15, -0.1) is 0 Å². The molecule has 1 N–H and O–H groups in total. The minimum absolute atomic E-state index is 0.0105. The van der Waals surface area contributed by atoms with Crippen LogP contribution < -0.4 is 15.8 Å². The Labute approximate surface area is 126 Å². The number of nitrogens with one attached hydrogen (secondary N) is 1. The van der Waals surface area contributed by atoms with Crippen molar-refractivity contribution in [2.45, 2.75) is 38.8 Å². The van der Waals surface area contributed by atoms with Crippen LogP contribution in [0.25, 0.3) is 0 Å². The summed E-state index contributed by atoms with van der Waals surface area (Å²) in [5.74, 6) is 0.585. The number of anilines is 1. The van der Waals surface area contributed by atoms with E-state index in [2.05, 4.69) is 15.2 Å². The van der Waals surface area contributed by atoms with Crippen LogP contribution in [-0.2, 0) is 4.74 Å². The van der Waals surface area contributed by atoms with Gasteiger partial charge in [-0.25, -0.2) is 4.98 Å². The standard InChI is InChI=1S/C15H26N4O2/c1-12(2)18-9-6-17-14(15(18)20)19-8-4-5-13(19)11-16-7-10-21-3/h6,9,12-13,16H,4-5,7-8,10-11H2,1-3H3. The number of aromatic nitrogens is 2. The quantitative estimate of drug-likeness (QED) is 0.761. The molecule has 0 spiro atoms. The fourth-order valence-electron chi connectivity index (χ4n) is 2.79. The maximum atomic E-state index is 12.5. The van der Waals surface area contributed by atoms with E-state index in [9.17, 15) is 4.79 Å². The third-order valence-electron chi connectivity index (χ3n) is 3.92. The largest absolute Gasteiger partial charge is 0.383 e. The van der Waals surface area contributed by atoms with Gasteiger partial charge in [-0.3, -0.25) is 4.79 Å². The van der Waals surface area contributed by atoms with Gasteiger partial charge in [0, 0.05) is 51.2 Å². The van der Waals surface area contributed by atoms with Crippen molar-refractivity contribution in [2.75, 3.05) is 38.3 Å². The molecule has 0 radical (unpaired) electrons. The van der Waals surface area contributed by atoms with Crippen molar-refractivity contribution >= 4 is 5.82 Å². The SMILES string of the molecule is COCCNCC1CCCN1c1nccn(C(C)C)c1=O. The van der Waals surface area contributed by atoms with Crippen LogP contribution in [0.4, 0.5) is 5.82 Å². The van der Waals surface area contributed by atoms with Crippen LogP contribution in [0, 0.1) is 0 Å². The third-order valence-corrected chi connectivity index (χ3v) is 3.92. The number of hydrogen-bond donors (Lipinski definition) is 1. The molecule has 0 aliphatic carbocycles. The highest BCUT2D eigenvalue weighted by molar-refractivity contribution is 5.39. The van der Waals surface area contributed by atoms with E-state index < -0.39 is 0 Å². The monoisotopic (exact) mass is 294 g/mol. The minimum Gasteiger partial charge on any atom is -0.383 e. The highest BCUT2D eigenvalue weighted by atomic mass is 16.5. The molecular weight excluding hydrogens is 268 g/mol. The summed E-state index contributed by atoms with van der Waals surface area (Å²) < 4.78 is 6.78. The van der Waals surface area contributed by atoms with Gasteiger partial charge >= 0.3 is 0 Å². The first-order valence-corrected chi connectivity index (χ1v) is 7.68. The van der Waals surface area contributed by atoms with Crippen LogP contribution in [0.1, 0.15) is 32.7 Å². The molecule has 6 heteroatoms. The molecule has 2 rings (SSSR count). The number of hydrogen-bond acceptors (Lipinski definition) is 5. The Bertz CT molecular complexity index is 501. The first kappa shape index (κ1) is 16.0. The van der Waals surface area contributed by atoms with Crippen LogP contribution in [0.3, 0.4) is 0 Å². The molecule has 1 aromatic rings. The van der Waals surface area contributed by atoms with Gasteiger partial charge < -0.3 is 19.5 Å². The zero-order valence-corrected chi connectivity index (χ0v) is 13.2. The lowest BCUT2D eigenvalue weighted by molar-refractivity contribution is 0.199. The van der Waals surface area contributed by atoms with E-state index in [0.29, 0.717) is 18.5 Å². The van der Waals surface area contributed by atoms with Gasteiger partial charge in [0.2, 0.25) is 0 Å². The van der Waals surface area contributed by atoms with Crippen LogP contribution in [0.15, 0.2) is 17.2 Å². The molecule has 2 heterocycles. The minimum atomic E-state index is 0.0105. The van der Waals surface area contributed by atoms with Crippen molar-refractivity contribution in [2.24, 2.45) is 0 Å². The van der Waals surface area contributed by atoms with Crippen LogP contribution in [0.2, 0.25) is 0 Å². The summed E-state index contributed by atoms with van der Waals surface area (Å²) in [6.07, 6.45) is 5.69. The normalized spacial score (nSPS) is 18.7. The molecular formula is C15H26N4O2. The van der Waals surface area contributed by atoms with Gasteiger partial charge in [-0.1, -0.05) is 0 Å². The van der Waals surface area contributed by atoms with Crippen LogP contribution >= 0.6 is 0 Å². The zero-order valence-electron chi connectivity index (χ0n) is 13.2. The average molecular weight is 294 g/mol. The van der Waals surface area contributed by atoms with Crippen molar-refractivity contribution < 1.29 is 4.74 Å². The maximum Gasteiger partial charge on any atom is 0.293 e. The molecule has 6 nitrogen and oxygen atoms in total. The van der Waals surface area contributed by atoms with Crippen LogP contribution in [-0.4, -0.2) is 48.9 Å². The van der Waals surface area contributed by atoms with E-state index in [0.717, 1.165) is 32.5 Å². The Balaban J connectivity index is 2.09. The second-order valence-corrected chi connectivity index (χ2v) is 5.74. The number of rotatable bonds is 7. The molecule has 0 bridgehead atoms. The lowest BCUT2D eigenvalue weighted by atomic mass is 10.2. The summed E-state index contributed by atoms with van der Waals surface area (Å²) in [4.78, 5) is 19.0. The summed E-state index contributed by atoms with van der Waals surface area (Å²) in [6, 6.07) is 0.491. The molecule has 1 atom stereocenters. The molecule has 0 aromatic carbocycles. The summed E-state index contributed by atoms with van der Waals surface area (Å²) in [5, 5.41) is 3.38. The Hall–Kier alpha value is -1.40. The van der Waals surface area contributed by atoms with Gasteiger partial charge in [0.1, 0.15) is 0 Å². The lowest BCUT2D eigenvalue weighted by Gasteiger charge is -2.26. The smallest absolute Gasteiger partial charge is 0.293 e. The zero-order chi connectivity index (χ0) is 15.2. The molecule has 21 heavy (non-hydrogen) atoms. The first-order chi connectivity index (χ1) is 10.1. The van der Waals surface area contributed by atoms with E-state index in [1.54, 1.807) is 24.1 Å². The molecule has 0 saturated carbocycles. The molecule has 118 valence electrons. The molecule has 1 aliphatic rings. The summed E-state index contributed by atoms with van der Waals surface area (Å²) >= 11 is 0. The molecule has 1 aromatic heterocycles. The van der Waals surface area contributed by atoms with E-state index in [1.165, 1.54) is 0 Å². The summed E-state index contributed by atoms with van der Waals surface area (Å²) in [6.45, 7) is 7.33. The van der Waals surface area contributed by atoms with Gasteiger partial charge in [-0.05, 0) is 26.7 Å². The molecule has 1 fully saturated rings. The van der Waals surface area contributed by atoms with E-state index in [-0.39, 0.29) is 11.6 Å². The predicted molar refractivity (Wildman–Crippen MR) is 84.0 cm³/mol. The Morgan fingerprint density at radius 3 is 3.05 bits per heavy atom. The topological polar surface area (TPSA) is 59.4 Å². The van der Waals surface area contributed by atoms with Gasteiger partial charge in [0.15, 0.2) is 5.82 Å². The average Bonchev–Trinajstić information content (AvgIpc) is 2.92. The Morgan fingerprint density at radius 2 is 2.33 bits per heavy atom. The number of methoxy groups -OCH3 is 1. The van der Waals surface area contributed by atoms with Gasteiger partial charge in [0.05, 0.1) is 6.61 Å². The molecule has 0 amide bonds. The molecule has 1 unspecified atom stereocenters. The highest BCUT2D eigenvalue weighted by Crippen LogP contribution is 2.21. The van der Waals surface area contributed by atoms with Crippen molar-refractivity contribution in [3.8, 4) is 0 Å². The van der Waals surface area contributed by atoms with E-state index in [4.69, 9.17) is 4.74 Å². The second kappa shape index (κ2) is 7.56. The van der Waals surface area contributed by atoms with Crippen molar-refractivity contribution in [3.05, 3.63) is 22.7 Å². The fraction of sp³-hybridized carbons (Fsp3) is 0.733. The van der Waals surface area contributed by atoms with Crippen LogP contribution in [0.5, 0.6) is 0 Å². The fourth-order valence-corrected chi connectivity index (χ4v) is 2.79. The third kappa shape index (κ3) is 3.83. The lowest BCUT2D eigenvalue weighted by Crippen LogP contribution is -2.42. The van der Waals surface area contributed by atoms with Gasteiger partial charge in [0.25, 0.3) is 5.56 Å². The second-order valence-electron chi connectivity index (χ2n) is 5.74. The summed E-state index contributed by atoms with van der Waals surface area (Å²) in [5.41, 5.74) is 0.0105. The predicted octanol–water partition coefficient (Wildman–Crippen LogP) is 1.03. The van der Waals surface area contributed by atoms with Crippen molar-refractivity contribution in [3.63, 3.8) is 0 Å². The number of nitrogens with zero attached hydrogens (tertiary/aromatic N) is 3. The maximum absolute atomic E-state index is 12.5. The molecule has 1 saturated heterocycles. The van der Waals surface area contributed by atoms with Crippen molar-refractivity contribution in [1.29, 1.82) is 0 Å². The van der Waals surface area contributed by atoms with E-state index >= 15 is 0 Å². The first-order valence-electron chi connectivity index (χ1n) is 7.68.